The molecule has 30 heavy (non-hydrogen) atoms. The van der Waals surface area contributed by atoms with Gasteiger partial charge in [-0.1, -0.05) is 72.4 Å². The SMILES string of the molecule is C(=C\c1ccccc1)/CSc1nnc(-c2ccc3c(c2)OCO3)n1-c1ccccc1. The van der Waals surface area contributed by atoms with Crippen molar-refractivity contribution in [3.63, 3.8) is 0 Å². The Morgan fingerprint density at radius 1 is 0.867 bits per heavy atom. The van der Waals surface area contributed by atoms with Gasteiger partial charge in [-0.3, -0.25) is 4.57 Å². The van der Waals surface area contributed by atoms with Crippen LogP contribution in [-0.4, -0.2) is 27.3 Å². The number of aromatic nitrogens is 3. The van der Waals surface area contributed by atoms with Crippen molar-refractivity contribution < 1.29 is 9.47 Å². The number of benzene rings is 3. The lowest BCUT2D eigenvalue weighted by atomic mass is 10.2. The molecule has 0 N–H and O–H groups in total. The van der Waals surface area contributed by atoms with Crippen molar-refractivity contribution in [3.05, 3.63) is 90.5 Å². The molecule has 5 nitrogen and oxygen atoms in total. The van der Waals surface area contributed by atoms with E-state index in [0.29, 0.717) is 0 Å². The summed E-state index contributed by atoms with van der Waals surface area (Å²) in [6.45, 7) is 0.249. The lowest BCUT2D eigenvalue weighted by Crippen LogP contribution is -1.99. The van der Waals surface area contributed by atoms with Gasteiger partial charge in [0.1, 0.15) is 0 Å². The molecule has 4 aromatic rings. The molecule has 0 saturated heterocycles. The third-order valence-electron chi connectivity index (χ3n) is 4.70. The molecular formula is C24H19N3O2S. The van der Waals surface area contributed by atoms with Gasteiger partial charge in [0.2, 0.25) is 6.79 Å². The van der Waals surface area contributed by atoms with Crippen LogP contribution in [0, 0.1) is 0 Å². The average Bonchev–Trinajstić information content (AvgIpc) is 3.44. The number of para-hydroxylation sites is 1. The van der Waals surface area contributed by atoms with Crippen LogP contribution in [0.3, 0.4) is 0 Å². The minimum Gasteiger partial charge on any atom is -0.454 e. The zero-order chi connectivity index (χ0) is 20.2. The van der Waals surface area contributed by atoms with Crippen molar-refractivity contribution in [1.29, 1.82) is 0 Å². The fourth-order valence-electron chi connectivity index (χ4n) is 3.27. The first-order valence-electron chi connectivity index (χ1n) is 9.64. The third-order valence-corrected chi connectivity index (χ3v) is 5.58. The van der Waals surface area contributed by atoms with Crippen molar-refractivity contribution in [2.45, 2.75) is 5.16 Å². The van der Waals surface area contributed by atoms with Crippen LogP contribution in [-0.2, 0) is 0 Å². The molecule has 0 bridgehead atoms. The molecule has 0 spiro atoms. The molecule has 1 aliphatic rings. The van der Waals surface area contributed by atoms with Crippen molar-refractivity contribution in [3.8, 4) is 28.6 Å². The molecule has 1 aliphatic heterocycles. The topological polar surface area (TPSA) is 49.2 Å². The number of ether oxygens (including phenoxy) is 2. The Kier molecular flexibility index (Phi) is 5.23. The number of nitrogens with zero attached hydrogens (tertiary/aromatic N) is 3. The van der Waals surface area contributed by atoms with E-state index in [9.17, 15) is 0 Å². The minimum absolute atomic E-state index is 0.249. The summed E-state index contributed by atoms with van der Waals surface area (Å²) in [5.74, 6) is 3.05. The lowest BCUT2D eigenvalue weighted by Gasteiger charge is -2.10. The Labute approximate surface area is 179 Å². The second-order valence-electron chi connectivity index (χ2n) is 6.67. The van der Waals surface area contributed by atoms with Crippen LogP contribution in [0.5, 0.6) is 11.5 Å². The van der Waals surface area contributed by atoms with Crippen LogP contribution in [0.2, 0.25) is 0 Å². The molecule has 0 amide bonds. The highest BCUT2D eigenvalue weighted by molar-refractivity contribution is 7.99. The Morgan fingerprint density at radius 3 is 2.47 bits per heavy atom. The van der Waals surface area contributed by atoms with Crippen LogP contribution in [0.25, 0.3) is 23.2 Å². The predicted octanol–water partition coefficient (Wildman–Crippen LogP) is 5.47. The van der Waals surface area contributed by atoms with E-state index in [1.165, 1.54) is 5.56 Å². The highest BCUT2D eigenvalue weighted by Gasteiger charge is 2.19. The number of thioether (sulfide) groups is 1. The molecule has 1 aromatic heterocycles. The number of hydrogen-bond donors (Lipinski definition) is 0. The monoisotopic (exact) mass is 413 g/mol. The van der Waals surface area contributed by atoms with E-state index in [4.69, 9.17) is 9.47 Å². The van der Waals surface area contributed by atoms with E-state index < -0.39 is 0 Å². The number of fused-ring (bicyclic) bond motifs is 1. The van der Waals surface area contributed by atoms with Crippen LogP contribution >= 0.6 is 11.8 Å². The van der Waals surface area contributed by atoms with Gasteiger partial charge < -0.3 is 9.47 Å². The third kappa shape index (κ3) is 3.82. The van der Waals surface area contributed by atoms with E-state index in [-0.39, 0.29) is 6.79 Å². The molecule has 0 aliphatic carbocycles. The Hall–Kier alpha value is -3.51. The standard InChI is InChI=1S/C24H19N3O2S/c1-3-8-18(9-4-1)10-7-15-30-24-26-25-23(27(24)20-11-5-2-6-12-20)19-13-14-21-22(16-19)29-17-28-21/h1-14,16H,15,17H2/b10-7+. The summed E-state index contributed by atoms with van der Waals surface area (Å²) in [7, 11) is 0. The van der Waals surface area contributed by atoms with Gasteiger partial charge in [-0.15, -0.1) is 10.2 Å². The summed E-state index contributed by atoms with van der Waals surface area (Å²) < 4.78 is 13.1. The lowest BCUT2D eigenvalue weighted by molar-refractivity contribution is 0.174. The summed E-state index contributed by atoms with van der Waals surface area (Å²) in [5.41, 5.74) is 3.13. The molecule has 2 heterocycles. The molecule has 5 rings (SSSR count). The van der Waals surface area contributed by atoms with Gasteiger partial charge in [-0.2, -0.15) is 0 Å². The summed E-state index contributed by atoms with van der Waals surface area (Å²) in [5, 5.41) is 9.81. The highest BCUT2D eigenvalue weighted by atomic mass is 32.2. The van der Waals surface area contributed by atoms with E-state index in [0.717, 1.165) is 39.5 Å². The molecule has 3 aromatic carbocycles. The first-order valence-corrected chi connectivity index (χ1v) is 10.6. The van der Waals surface area contributed by atoms with Crippen molar-refractivity contribution in [2.75, 3.05) is 12.5 Å². The van der Waals surface area contributed by atoms with E-state index in [2.05, 4.69) is 51.2 Å². The van der Waals surface area contributed by atoms with Gasteiger partial charge >= 0.3 is 0 Å². The normalized spacial score (nSPS) is 12.5. The Balaban J connectivity index is 1.45. The molecule has 0 fully saturated rings. The maximum Gasteiger partial charge on any atom is 0.231 e. The van der Waals surface area contributed by atoms with E-state index >= 15 is 0 Å². The van der Waals surface area contributed by atoms with Gasteiger partial charge in [0.25, 0.3) is 0 Å². The maximum absolute atomic E-state index is 5.54. The van der Waals surface area contributed by atoms with Gasteiger partial charge in [-0.05, 0) is 35.9 Å². The molecule has 0 unspecified atom stereocenters. The number of rotatable bonds is 6. The van der Waals surface area contributed by atoms with E-state index in [1.54, 1.807) is 11.8 Å². The van der Waals surface area contributed by atoms with Gasteiger partial charge in [0.15, 0.2) is 22.5 Å². The zero-order valence-corrected chi connectivity index (χ0v) is 17.0. The van der Waals surface area contributed by atoms with Crippen LogP contribution in [0.1, 0.15) is 5.56 Å². The quantitative estimate of drug-likeness (QED) is 0.392. The summed E-state index contributed by atoms with van der Waals surface area (Å²) in [6.07, 6.45) is 4.26. The highest BCUT2D eigenvalue weighted by Crippen LogP contribution is 2.37. The van der Waals surface area contributed by atoms with Gasteiger partial charge in [-0.25, -0.2) is 0 Å². The second-order valence-corrected chi connectivity index (χ2v) is 7.66. The molecule has 6 heteroatoms. The molecule has 0 radical (unpaired) electrons. The van der Waals surface area contributed by atoms with Crippen LogP contribution < -0.4 is 9.47 Å². The predicted molar refractivity (Wildman–Crippen MR) is 119 cm³/mol. The number of hydrogen-bond acceptors (Lipinski definition) is 5. The minimum atomic E-state index is 0.249. The fourth-order valence-corrected chi connectivity index (χ4v) is 4.03. The van der Waals surface area contributed by atoms with Crippen molar-refractivity contribution in [2.24, 2.45) is 0 Å². The summed E-state index contributed by atoms with van der Waals surface area (Å²) in [4.78, 5) is 0. The van der Waals surface area contributed by atoms with Gasteiger partial charge in [0.05, 0.1) is 0 Å². The van der Waals surface area contributed by atoms with Crippen LogP contribution in [0.15, 0.2) is 90.1 Å². The van der Waals surface area contributed by atoms with Crippen LogP contribution in [0.4, 0.5) is 0 Å². The Morgan fingerprint density at radius 2 is 1.63 bits per heavy atom. The molecular weight excluding hydrogens is 394 g/mol. The van der Waals surface area contributed by atoms with E-state index in [1.807, 2.05) is 54.6 Å². The fraction of sp³-hybridized carbons (Fsp3) is 0.0833. The Bertz CT molecular complexity index is 1170. The second kappa shape index (κ2) is 8.47. The van der Waals surface area contributed by atoms with Crippen molar-refractivity contribution in [1.82, 2.24) is 14.8 Å². The first-order chi connectivity index (χ1) is 14.9. The maximum atomic E-state index is 5.54. The average molecular weight is 414 g/mol. The largest absolute Gasteiger partial charge is 0.454 e. The van der Waals surface area contributed by atoms with Gasteiger partial charge in [0, 0.05) is 17.0 Å². The molecule has 0 saturated carbocycles. The zero-order valence-electron chi connectivity index (χ0n) is 16.1. The summed E-state index contributed by atoms with van der Waals surface area (Å²) >= 11 is 1.65. The molecule has 0 atom stereocenters. The smallest absolute Gasteiger partial charge is 0.231 e. The van der Waals surface area contributed by atoms with Crippen molar-refractivity contribution >= 4 is 17.8 Å². The first kappa shape index (κ1) is 18.5. The summed E-state index contributed by atoms with van der Waals surface area (Å²) in [6, 6.07) is 26.3. The molecule has 148 valence electrons.